The van der Waals surface area contributed by atoms with Gasteiger partial charge in [0.25, 0.3) is 0 Å². The molecule has 0 aliphatic rings. The topological polar surface area (TPSA) is 68.2 Å². The van der Waals surface area contributed by atoms with Gasteiger partial charge in [-0.1, -0.05) is 25.9 Å². The first kappa shape index (κ1) is 17.4. The maximum atomic E-state index is 5.90. The molecular formula is C12H25ClN4O. The van der Waals surface area contributed by atoms with Crippen molar-refractivity contribution in [2.75, 3.05) is 13.6 Å². The summed E-state index contributed by atoms with van der Waals surface area (Å²) in [6, 6.07) is 0. The third-order valence-electron chi connectivity index (χ3n) is 2.19. The number of rotatable bonds is 4. The highest BCUT2D eigenvalue weighted by Crippen LogP contribution is 2.17. The SMILES string of the molecule is CN(Cc1nc(C(C)(C)N)no1)CC(C)(C)C.Cl. The molecule has 2 N–H and O–H groups in total. The van der Waals surface area contributed by atoms with Crippen LogP contribution in [-0.4, -0.2) is 28.6 Å². The molecule has 6 heteroatoms. The summed E-state index contributed by atoms with van der Waals surface area (Å²) in [6.45, 7) is 11.9. The lowest BCUT2D eigenvalue weighted by atomic mass is 9.96. The Labute approximate surface area is 116 Å². The van der Waals surface area contributed by atoms with Crippen LogP contribution in [0.3, 0.4) is 0 Å². The molecule has 1 aromatic heterocycles. The van der Waals surface area contributed by atoms with Gasteiger partial charge in [0.2, 0.25) is 5.89 Å². The Morgan fingerprint density at radius 1 is 1.22 bits per heavy atom. The van der Waals surface area contributed by atoms with E-state index in [4.69, 9.17) is 10.3 Å². The van der Waals surface area contributed by atoms with E-state index in [1.165, 1.54) is 0 Å². The summed E-state index contributed by atoms with van der Waals surface area (Å²) in [5.41, 5.74) is 5.61. The van der Waals surface area contributed by atoms with Crippen LogP contribution in [0.15, 0.2) is 4.52 Å². The highest BCUT2D eigenvalue weighted by Gasteiger charge is 2.22. The Balaban J connectivity index is 0.00000289. The smallest absolute Gasteiger partial charge is 0.240 e. The van der Waals surface area contributed by atoms with E-state index in [9.17, 15) is 0 Å². The van der Waals surface area contributed by atoms with Gasteiger partial charge in [-0.05, 0) is 26.3 Å². The lowest BCUT2D eigenvalue weighted by molar-refractivity contribution is 0.197. The Morgan fingerprint density at radius 3 is 2.17 bits per heavy atom. The number of nitrogens with two attached hydrogens (primary N) is 1. The monoisotopic (exact) mass is 276 g/mol. The fourth-order valence-electron chi connectivity index (χ4n) is 1.68. The van der Waals surface area contributed by atoms with Gasteiger partial charge in [-0.3, -0.25) is 4.90 Å². The van der Waals surface area contributed by atoms with E-state index in [2.05, 4.69) is 35.8 Å². The molecular weight excluding hydrogens is 252 g/mol. The molecule has 1 aromatic rings. The molecule has 0 bridgehead atoms. The van der Waals surface area contributed by atoms with Crippen LogP contribution in [0.5, 0.6) is 0 Å². The Hall–Kier alpha value is -0.650. The van der Waals surface area contributed by atoms with Crippen molar-refractivity contribution in [2.24, 2.45) is 11.1 Å². The summed E-state index contributed by atoms with van der Waals surface area (Å²) in [7, 11) is 2.04. The summed E-state index contributed by atoms with van der Waals surface area (Å²) in [5, 5.41) is 3.90. The minimum absolute atomic E-state index is 0. The second-order valence-corrected chi connectivity index (χ2v) is 6.47. The molecule has 0 radical (unpaired) electrons. The average molecular weight is 277 g/mol. The lowest BCUT2D eigenvalue weighted by Crippen LogP contribution is -2.31. The fourth-order valence-corrected chi connectivity index (χ4v) is 1.68. The molecule has 0 aromatic carbocycles. The van der Waals surface area contributed by atoms with Crippen molar-refractivity contribution in [3.8, 4) is 0 Å². The van der Waals surface area contributed by atoms with Gasteiger partial charge in [-0.15, -0.1) is 12.4 Å². The molecule has 0 aliphatic carbocycles. The first-order chi connectivity index (χ1) is 7.58. The molecule has 0 aliphatic heterocycles. The maximum absolute atomic E-state index is 5.90. The molecule has 1 rings (SSSR count). The van der Waals surface area contributed by atoms with E-state index in [0.29, 0.717) is 18.3 Å². The van der Waals surface area contributed by atoms with Crippen LogP contribution in [0.1, 0.15) is 46.3 Å². The molecule has 0 saturated heterocycles. The van der Waals surface area contributed by atoms with E-state index in [-0.39, 0.29) is 17.8 Å². The Morgan fingerprint density at radius 2 is 1.78 bits per heavy atom. The van der Waals surface area contributed by atoms with E-state index in [0.717, 1.165) is 6.54 Å². The maximum Gasteiger partial charge on any atom is 0.240 e. The molecule has 0 amide bonds. The zero-order chi connectivity index (χ0) is 13.3. The summed E-state index contributed by atoms with van der Waals surface area (Å²) < 4.78 is 5.19. The summed E-state index contributed by atoms with van der Waals surface area (Å²) in [5.74, 6) is 1.17. The van der Waals surface area contributed by atoms with Gasteiger partial charge in [0, 0.05) is 6.54 Å². The lowest BCUT2D eigenvalue weighted by Gasteiger charge is -2.25. The van der Waals surface area contributed by atoms with Crippen molar-refractivity contribution in [1.29, 1.82) is 0 Å². The van der Waals surface area contributed by atoms with Gasteiger partial charge in [-0.25, -0.2) is 0 Å². The molecule has 18 heavy (non-hydrogen) atoms. The van der Waals surface area contributed by atoms with Crippen LogP contribution in [0, 0.1) is 5.41 Å². The number of hydrogen-bond donors (Lipinski definition) is 1. The third kappa shape index (κ3) is 5.80. The highest BCUT2D eigenvalue weighted by molar-refractivity contribution is 5.85. The van der Waals surface area contributed by atoms with Gasteiger partial charge in [0.1, 0.15) is 0 Å². The largest absolute Gasteiger partial charge is 0.338 e. The van der Waals surface area contributed by atoms with Crippen molar-refractivity contribution in [3.05, 3.63) is 11.7 Å². The number of hydrogen-bond acceptors (Lipinski definition) is 5. The molecule has 0 atom stereocenters. The second kappa shape index (κ2) is 5.99. The minimum Gasteiger partial charge on any atom is -0.338 e. The normalized spacial score (nSPS) is 12.7. The first-order valence-electron chi connectivity index (χ1n) is 5.88. The number of aromatic nitrogens is 2. The van der Waals surface area contributed by atoms with Crippen LogP contribution >= 0.6 is 12.4 Å². The summed E-state index contributed by atoms with van der Waals surface area (Å²) >= 11 is 0. The molecule has 0 saturated carbocycles. The van der Waals surface area contributed by atoms with Crippen LogP contribution < -0.4 is 5.73 Å². The van der Waals surface area contributed by atoms with E-state index in [1.807, 2.05) is 20.9 Å². The zero-order valence-corrected chi connectivity index (χ0v) is 13.0. The Bertz CT molecular complexity index is 365. The van der Waals surface area contributed by atoms with Gasteiger partial charge < -0.3 is 10.3 Å². The molecule has 0 spiro atoms. The van der Waals surface area contributed by atoms with Crippen LogP contribution in [0.4, 0.5) is 0 Å². The van der Waals surface area contributed by atoms with Gasteiger partial charge in [-0.2, -0.15) is 4.98 Å². The third-order valence-corrected chi connectivity index (χ3v) is 2.19. The molecule has 0 fully saturated rings. The van der Waals surface area contributed by atoms with E-state index < -0.39 is 5.54 Å². The summed E-state index contributed by atoms with van der Waals surface area (Å²) in [4.78, 5) is 6.47. The van der Waals surface area contributed by atoms with Gasteiger partial charge >= 0.3 is 0 Å². The van der Waals surface area contributed by atoms with Crippen LogP contribution in [0.25, 0.3) is 0 Å². The van der Waals surface area contributed by atoms with Crippen LogP contribution in [-0.2, 0) is 12.1 Å². The standard InChI is InChI=1S/C12H24N4O.ClH/c1-11(2,3)8-16(6)7-9-14-10(15-17-9)12(4,5)13;/h7-8,13H2,1-6H3;1H. The van der Waals surface area contributed by atoms with Gasteiger partial charge in [0.15, 0.2) is 5.82 Å². The van der Waals surface area contributed by atoms with Crippen molar-refractivity contribution in [3.63, 3.8) is 0 Å². The van der Waals surface area contributed by atoms with Crippen molar-refractivity contribution in [1.82, 2.24) is 15.0 Å². The van der Waals surface area contributed by atoms with Crippen molar-refractivity contribution in [2.45, 2.75) is 46.7 Å². The molecule has 106 valence electrons. The second-order valence-electron chi connectivity index (χ2n) is 6.47. The molecule has 5 nitrogen and oxygen atoms in total. The quantitative estimate of drug-likeness (QED) is 0.913. The number of nitrogens with zero attached hydrogens (tertiary/aromatic N) is 3. The first-order valence-corrected chi connectivity index (χ1v) is 5.88. The van der Waals surface area contributed by atoms with E-state index in [1.54, 1.807) is 0 Å². The number of halogens is 1. The predicted octanol–water partition coefficient (Wildman–Crippen LogP) is 2.16. The van der Waals surface area contributed by atoms with E-state index >= 15 is 0 Å². The van der Waals surface area contributed by atoms with Crippen molar-refractivity contribution >= 4 is 12.4 Å². The van der Waals surface area contributed by atoms with Crippen molar-refractivity contribution < 1.29 is 4.52 Å². The molecule has 1 heterocycles. The fraction of sp³-hybridized carbons (Fsp3) is 0.833. The molecule has 0 unspecified atom stereocenters. The minimum atomic E-state index is -0.551. The summed E-state index contributed by atoms with van der Waals surface area (Å²) in [6.07, 6.45) is 0. The van der Waals surface area contributed by atoms with Gasteiger partial charge in [0.05, 0.1) is 12.1 Å². The Kier molecular flexibility index (Phi) is 5.78. The predicted molar refractivity (Wildman–Crippen MR) is 74.5 cm³/mol. The zero-order valence-electron chi connectivity index (χ0n) is 12.1. The van der Waals surface area contributed by atoms with Crippen LogP contribution in [0.2, 0.25) is 0 Å². The average Bonchev–Trinajstić information content (AvgIpc) is 2.47. The highest BCUT2D eigenvalue weighted by atomic mass is 35.5.